The number of rotatable bonds is 7. The lowest BCUT2D eigenvalue weighted by Gasteiger charge is -2.14. The monoisotopic (exact) mass is 360 g/mol. The first kappa shape index (κ1) is 18.9. The maximum absolute atomic E-state index is 2.40. The molecule has 0 aliphatic rings. The first-order valence-corrected chi connectivity index (χ1v) is 11.2. The Bertz CT molecular complexity index is 826. The van der Waals surface area contributed by atoms with Crippen LogP contribution in [0, 0.1) is 13.8 Å². The lowest BCUT2D eigenvalue weighted by Crippen LogP contribution is -2.00. The Labute approximate surface area is 160 Å². The fourth-order valence-electron chi connectivity index (χ4n) is 3.66. The van der Waals surface area contributed by atoms with Crippen molar-refractivity contribution in [1.82, 2.24) is 0 Å². The van der Waals surface area contributed by atoms with Gasteiger partial charge in [-0.05, 0) is 84.9 Å². The molecule has 134 valence electrons. The maximum atomic E-state index is 2.40. The van der Waals surface area contributed by atoms with Crippen molar-refractivity contribution in [3.63, 3.8) is 0 Å². The molecule has 3 rings (SSSR count). The largest absolute Gasteiger partial charge is 0.125 e. The van der Waals surface area contributed by atoms with Crippen LogP contribution >= 0.6 is 8.58 Å². The van der Waals surface area contributed by atoms with E-state index in [1.165, 1.54) is 51.5 Å². The van der Waals surface area contributed by atoms with Crippen LogP contribution in [0.4, 0.5) is 0 Å². The lowest BCUT2D eigenvalue weighted by molar-refractivity contribution is 1.07. The summed E-state index contributed by atoms with van der Waals surface area (Å²) in [7, 11) is 1.04. The summed E-state index contributed by atoms with van der Waals surface area (Å²) in [6.45, 7) is 6.83. The van der Waals surface area contributed by atoms with E-state index in [0.29, 0.717) is 0 Å². The topological polar surface area (TPSA) is 0 Å². The average molecular weight is 360 g/mol. The average Bonchev–Trinajstić information content (AvgIpc) is 2.64. The summed E-state index contributed by atoms with van der Waals surface area (Å²) in [4.78, 5) is 0. The third-order valence-electron chi connectivity index (χ3n) is 5.04. The van der Waals surface area contributed by atoms with Crippen LogP contribution in [-0.4, -0.2) is 12.8 Å². The minimum atomic E-state index is 1.00. The van der Waals surface area contributed by atoms with Crippen LogP contribution in [0.3, 0.4) is 0 Å². The summed E-state index contributed by atoms with van der Waals surface area (Å²) >= 11 is 0. The van der Waals surface area contributed by atoms with Crippen molar-refractivity contribution in [1.29, 1.82) is 0 Å². The molecule has 0 N–H and O–H groups in total. The van der Waals surface area contributed by atoms with Crippen LogP contribution in [0.1, 0.15) is 38.9 Å². The zero-order valence-electron chi connectivity index (χ0n) is 16.2. The van der Waals surface area contributed by atoms with Crippen molar-refractivity contribution in [2.24, 2.45) is 0 Å². The number of hydrogen-bond acceptors (Lipinski definition) is 0. The van der Waals surface area contributed by atoms with Crippen molar-refractivity contribution < 1.29 is 0 Å². The predicted molar refractivity (Wildman–Crippen MR) is 117 cm³/mol. The molecule has 1 atom stereocenters. The van der Waals surface area contributed by atoms with E-state index in [4.69, 9.17) is 0 Å². The van der Waals surface area contributed by atoms with Gasteiger partial charge in [-0.25, -0.2) is 0 Å². The van der Waals surface area contributed by atoms with Crippen molar-refractivity contribution in [2.75, 3.05) is 12.8 Å². The van der Waals surface area contributed by atoms with Gasteiger partial charge in [0.25, 0.3) is 0 Å². The van der Waals surface area contributed by atoms with E-state index in [2.05, 4.69) is 87.2 Å². The van der Waals surface area contributed by atoms with Crippen LogP contribution in [-0.2, 0) is 19.3 Å². The zero-order chi connectivity index (χ0) is 18.4. The Hall–Kier alpha value is -1.91. The third kappa shape index (κ3) is 5.05. The van der Waals surface area contributed by atoms with Crippen molar-refractivity contribution in [3.05, 3.63) is 106 Å². The van der Waals surface area contributed by atoms with Crippen LogP contribution in [0.15, 0.2) is 66.7 Å². The molecular weight excluding hydrogens is 331 g/mol. The molecule has 0 saturated heterocycles. The molecule has 0 radical (unpaired) electrons. The molecule has 1 heteroatoms. The highest BCUT2D eigenvalue weighted by Gasteiger charge is 2.07. The highest BCUT2D eigenvalue weighted by molar-refractivity contribution is 7.36. The van der Waals surface area contributed by atoms with Gasteiger partial charge in [-0.2, -0.15) is 0 Å². The van der Waals surface area contributed by atoms with Gasteiger partial charge < -0.3 is 0 Å². The van der Waals surface area contributed by atoms with Gasteiger partial charge in [0.1, 0.15) is 0 Å². The van der Waals surface area contributed by atoms with E-state index < -0.39 is 0 Å². The first-order valence-electron chi connectivity index (χ1n) is 9.51. The molecule has 0 aromatic heterocycles. The first-order chi connectivity index (χ1) is 12.7. The molecule has 1 unspecified atom stereocenters. The second-order valence-electron chi connectivity index (χ2n) is 7.22. The van der Waals surface area contributed by atoms with E-state index in [0.717, 1.165) is 21.4 Å². The molecule has 3 aromatic rings. The second kappa shape index (κ2) is 9.15. The predicted octanol–water partition coefficient (Wildman–Crippen LogP) is 6.34. The molecule has 3 aromatic carbocycles. The highest BCUT2D eigenvalue weighted by Crippen LogP contribution is 2.22. The molecule has 0 aliphatic heterocycles. The smallest absolute Gasteiger partial charge is 0.00204 e. The van der Waals surface area contributed by atoms with E-state index in [-0.39, 0.29) is 0 Å². The van der Waals surface area contributed by atoms with Gasteiger partial charge in [0, 0.05) is 0 Å². The van der Waals surface area contributed by atoms with E-state index in [1.807, 2.05) is 0 Å². The normalized spacial score (nSPS) is 11.3. The quantitative estimate of drug-likeness (QED) is 0.432. The molecule has 0 fully saturated rings. The summed E-state index contributed by atoms with van der Waals surface area (Å²) in [5.74, 6) is 0. The lowest BCUT2D eigenvalue weighted by atomic mass is 9.92. The maximum Gasteiger partial charge on any atom is -0.00204 e. The molecule has 0 heterocycles. The summed E-state index contributed by atoms with van der Waals surface area (Å²) in [6.07, 6.45) is 4.54. The number of aryl methyl sites for hydroxylation is 3. The number of hydrogen-bond donors (Lipinski definition) is 0. The molecule has 0 nitrogen and oxygen atoms in total. The Morgan fingerprint density at radius 1 is 0.654 bits per heavy atom. The fraction of sp³-hybridized carbons (Fsp3) is 0.280. The van der Waals surface area contributed by atoms with Gasteiger partial charge in [-0.1, -0.05) is 66.7 Å². The van der Waals surface area contributed by atoms with Gasteiger partial charge >= 0.3 is 0 Å². The Morgan fingerprint density at radius 2 is 1.27 bits per heavy atom. The molecule has 0 amide bonds. The van der Waals surface area contributed by atoms with E-state index in [1.54, 1.807) is 0 Å². The van der Waals surface area contributed by atoms with Crippen molar-refractivity contribution in [2.45, 2.75) is 33.1 Å². The molecule has 26 heavy (non-hydrogen) atoms. The molecule has 0 aliphatic carbocycles. The Kier molecular flexibility index (Phi) is 6.64. The van der Waals surface area contributed by atoms with Crippen molar-refractivity contribution >= 4 is 8.58 Å². The summed E-state index contributed by atoms with van der Waals surface area (Å²) in [6, 6.07) is 24.6. The molecule has 0 spiro atoms. The fourth-order valence-corrected chi connectivity index (χ4v) is 4.20. The third-order valence-corrected chi connectivity index (χ3v) is 5.79. The summed E-state index contributed by atoms with van der Waals surface area (Å²) in [5.41, 5.74) is 10.0. The molecule has 0 bridgehead atoms. The van der Waals surface area contributed by atoms with E-state index >= 15 is 0 Å². The van der Waals surface area contributed by atoms with Gasteiger partial charge in [0.2, 0.25) is 0 Å². The van der Waals surface area contributed by atoms with E-state index in [9.17, 15) is 0 Å². The van der Waals surface area contributed by atoms with Gasteiger partial charge in [-0.15, -0.1) is 8.58 Å². The van der Waals surface area contributed by atoms with Gasteiger partial charge in [-0.3, -0.25) is 0 Å². The zero-order valence-corrected chi connectivity index (χ0v) is 17.2. The van der Waals surface area contributed by atoms with Crippen molar-refractivity contribution in [3.8, 4) is 0 Å². The van der Waals surface area contributed by atoms with Crippen LogP contribution in [0.2, 0.25) is 0 Å². The molecular formula is C25H29P. The Balaban J connectivity index is 1.77. The van der Waals surface area contributed by atoms with Crippen LogP contribution in [0.25, 0.3) is 0 Å². The van der Waals surface area contributed by atoms with Gasteiger partial charge in [0.05, 0.1) is 0 Å². The second-order valence-corrected chi connectivity index (χ2v) is 8.43. The minimum absolute atomic E-state index is 1.00. The van der Waals surface area contributed by atoms with Crippen LogP contribution in [0.5, 0.6) is 0 Å². The number of benzene rings is 3. The van der Waals surface area contributed by atoms with Gasteiger partial charge in [0.15, 0.2) is 0 Å². The summed E-state index contributed by atoms with van der Waals surface area (Å²) in [5, 5.41) is 0. The Morgan fingerprint density at radius 3 is 1.92 bits per heavy atom. The standard InChI is InChI=1S/C25H29P/c1-19-14-24(12-13-26-3)15-20(2)25(19)18-23-11-7-10-22(17-23)16-21-8-5-4-6-9-21/h4-11,14-15,17,26H,12-13,16,18H2,1-3H3. The minimum Gasteiger partial charge on any atom is -0.125 e. The summed E-state index contributed by atoms with van der Waals surface area (Å²) < 4.78 is 0. The molecule has 0 saturated carbocycles. The SMILES string of the molecule is CPCCc1cc(C)c(Cc2cccc(Cc3ccccc3)c2)c(C)c1. The van der Waals surface area contributed by atoms with Crippen LogP contribution < -0.4 is 0 Å². The highest BCUT2D eigenvalue weighted by atomic mass is 31.1.